The summed E-state index contributed by atoms with van der Waals surface area (Å²) in [6, 6.07) is 9.73. The number of hydrogen-bond acceptors (Lipinski definition) is 7. The minimum Gasteiger partial charge on any atom is -0.355 e. The second kappa shape index (κ2) is 14.2. The zero-order valence-corrected chi connectivity index (χ0v) is 24.5. The van der Waals surface area contributed by atoms with Crippen LogP contribution in [0.5, 0.6) is 0 Å². The van der Waals surface area contributed by atoms with Gasteiger partial charge in [-0.3, -0.25) is 14.5 Å². The average Bonchev–Trinajstić information content (AvgIpc) is 3.44. The van der Waals surface area contributed by atoms with Crippen molar-refractivity contribution < 1.29 is 18.0 Å². The maximum absolute atomic E-state index is 13.3. The highest BCUT2D eigenvalue weighted by Gasteiger charge is 2.34. The first-order valence-electron chi connectivity index (χ1n) is 13.4. The quantitative estimate of drug-likeness (QED) is 0.302. The van der Waals surface area contributed by atoms with Crippen molar-refractivity contribution in [2.45, 2.75) is 82.5 Å². The van der Waals surface area contributed by atoms with Crippen LogP contribution in [0, 0.1) is 12.8 Å². The summed E-state index contributed by atoms with van der Waals surface area (Å²) in [7, 11) is -3.85. The monoisotopic (exact) mass is 563 g/mol. The molecule has 11 heteroatoms. The fraction of sp³-hybridized carbons (Fsp3) is 0.593. The summed E-state index contributed by atoms with van der Waals surface area (Å²) in [6.45, 7) is 8.94. The van der Waals surface area contributed by atoms with Crippen LogP contribution in [-0.2, 0) is 26.0 Å². The smallest absolute Gasteiger partial charge is 0.252 e. The van der Waals surface area contributed by atoms with Crippen LogP contribution in [0.3, 0.4) is 0 Å². The Kier molecular flexibility index (Phi) is 11.3. The molecule has 2 amide bonds. The zero-order chi connectivity index (χ0) is 27.7. The largest absolute Gasteiger partial charge is 0.355 e. The molecule has 38 heavy (non-hydrogen) atoms. The number of aryl methyl sites for hydroxylation is 2. The Morgan fingerprint density at radius 3 is 2.61 bits per heavy atom. The number of aromatic nitrogens is 1. The van der Waals surface area contributed by atoms with Crippen LogP contribution in [0.25, 0.3) is 0 Å². The number of rotatable bonds is 14. The van der Waals surface area contributed by atoms with Crippen molar-refractivity contribution >= 4 is 38.3 Å². The van der Waals surface area contributed by atoms with E-state index in [4.69, 9.17) is 0 Å². The average molecular weight is 564 g/mol. The molecule has 1 fully saturated rings. The van der Waals surface area contributed by atoms with Crippen molar-refractivity contribution in [3.05, 3.63) is 41.6 Å². The van der Waals surface area contributed by atoms with Gasteiger partial charge in [0.1, 0.15) is 0 Å². The van der Waals surface area contributed by atoms with Gasteiger partial charge in [-0.2, -0.15) is 0 Å². The van der Waals surface area contributed by atoms with Gasteiger partial charge < -0.3 is 10.6 Å². The molecule has 1 aromatic heterocycles. The molecular formula is C27H41N5O4S2. The van der Waals surface area contributed by atoms with Gasteiger partial charge >= 0.3 is 0 Å². The van der Waals surface area contributed by atoms with E-state index in [9.17, 15) is 18.0 Å². The Hall–Kier alpha value is -2.34. The van der Waals surface area contributed by atoms with Crippen LogP contribution in [0.4, 0.5) is 5.13 Å². The second-order valence-corrected chi connectivity index (χ2v) is 13.3. The summed E-state index contributed by atoms with van der Waals surface area (Å²) >= 11 is 0.944. The Bertz CT molecular complexity index is 1170. The first-order valence-corrected chi connectivity index (χ1v) is 15.7. The van der Waals surface area contributed by atoms with Crippen molar-refractivity contribution in [1.82, 2.24) is 19.9 Å². The predicted molar refractivity (Wildman–Crippen MR) is 152 cm³/mol. The Balaban J connectivity index is 1.57. The normalized spacial score (nSPS) is 17.0. The van der Waals surface area contributed by atoms with Gasteiger partial charge in [0.15, 0.2) is 9.34 Å². The van der Waals surface area contributed by atoms with E-state index in [0.717, 1.165) is 50.0 Å². The maximum atomic E-state index is 13.3. The number of benzene rings is 1. The molecule has 0 spiro atoms. The lowest BCUT2D eigenvalue weighted by molar-refractivity contribution is -0.125. The number of sulfonamides is 1. The van der Waals surface area contributed by atoms with Gasteiger partial charge in [-0.25, -0.2) is 18.1 Å². The fourth-order valence-corrected chi connectivity index (χ4v) is 7.61. The van der Waals surface area contributed by atoms with Gasteiger partial charge in [-0.05, 0) is 63.5 Å². The lowest BCUT2D eigenvalue weighted by atomic mass is 10.0. The third-order valence-electron chi connectivity index (χ3n) is 6.51. The van der Waals surface area contributed by atoms with E-state index in [0.29, 0.717) is 25.2 Å². The molecule has 0 aliphatic carbocycles. The van der Waals surface area contributed by atoms with Crippen molar-refractivity contribution in [2.75, 3.05) is 25.0 Å². The Morgan fingerprint density at radius 1 is 1.18 bits per heavy atom. The van der Waals surface area contributed by atoms with E-state index in [2.05, 4.69) is 51.2 Å². The molecule has 3 rings (SSSR count). The van der Waals surface area contributed by atoms with E-state index in [1.165, 1.54) is 12.5 Å². The fourth-order valence-electron chi connectivity index (χ4n) is 4.89. The summed E-state index contributed by atoms with van der Waals surface area (Å²) in [4.78, 5) is 30.7. The van der Waals surface area contributed by atoms with Gasteiger partial charge in [-0.1, -0.05) is 55.5 Å². The lowest BCUT2D eigenvalue weighted by Gasteiger charge is -2.29. The number of nitrogens with zero attached hydrogens (tertiary/aromatic N) is 2. The van der Waals surface area contributed by atoms with E-state index >= 15 is 0 Å². The predicted octanol–water partition coefficient (Wildman–Crippen LogP) is 3.71. The van der Waals surface area contributed by atoms with Gasteiger partial charge in [0.2, 0.25) is 11.8 Å². The molecule has 0 unspecified atom stereocenters. The molecule has 0 saturated carbocycles. The van der Waals surface area contributed by atoms with E-state index in [1.54, 1.807) is 6.92 Å². The molecule has 0 bridgehead atoms. The summed E-state index contributed by atoms with van der Waals surface area (Å²) < 4.78 is 29.5. The Morgan fingerprint density at radius 2 is 1.92 bits per heavy atom. The molecule has 0 radical (unpaired) electrons. The van der Waals surface area contributed by atoms with Crippen LogP contribution in [0.2, 0.25) is 0 Å². The molecule has 1 aromatic carbocycles. The van der Waals surface area contributed by atoms with E-state index in [1.807, 2.05) is 18.2 Å². The second-order valence-electron chi connectivity index (χ2n) is 10.4. The maximum Gasteiger partial charge on any atom is 0.252 e. The number of nitrogens with one attached hydrogen (secondary N) is 3. The van der Waals surface area contributed by atoms with Crippen molar-refractivity contribution in [2.24, 2.45) is 5.92 Å². The topological polar surface area (TPSA) is 120 Å². The van der Waals surface area contributed by atoms with Crippen molar-refractivity contribution in [1.29, 1.82) is 0 Å². The molecule has 2 atom stereocenters. The molecule has 9 nitrogen and oxygen atoms in total. The van der Waals surface area contributed by atoms with E-state index in [-0.39, 0.29) is 39.2 Å². The first-order chi connectivity index (χ1) is 18.0. The van der Waals surface area contributed by atoms with Gasteiger partial charge in [-0.15, -0.1) is 0 Å². The van der Waals surface area contributed by atoms with E-state index < -0.39 is 10.0 Å². The standard InChI is InChI=1S/C27H41N5O4S2/c1-19(2)17-23(31-38(35,36)26-20(3)29-27(37-26)30-21(4)33)18-32-16-10-14-24(32)25(34)28-15-9-8-13-22-11-6-5-7-12-22/h5-7,11-12,19,23-24,31H,8-10,13-18H2,1-4H3,(H,28,34)(H,29,30,33)/t23-,24+/m1/s1. The first kappa shape index (κ1) is 30.2. The van der Waals surface area contributed by atoms with Gasteiger partial charge in [0.25, 0.3) is 10.0 Å². The highest BCUT2D eigenvalue weighted by molar-refractivity contribution is 7.91. The lowest BCUT2D eigenvalue weighted by Crippen LogP contribution is -2.50. The number of carbonyl (C=O) groups is 2. The molecule has 3 N–H and O–H groups in total. The number of carbonyl (C=O) groups excluding carboxylic acids is 2. The zero-order valence-electron chi connectivity index (χ0n) is 22.8. The number of thiazole rings is 1. The number of amides is 2. The minimum atomic E-state index is -3.85. The highest BCUT2D eigenvalue weighted by atomic mass is 32.2. The summed E-state index contributed by atoms with van der Waals surface area (Å²) in [5.41, 5.74) is 1.65. The van der Waals surface area contributed by atoms with Crippen LogP contribution in [0.1, 0.15) is 64.1 Å². The van der Waals surface area contributed by atoms with Gasteiger partial charge in [0.05, 0.1) is 11.7 Å². The summed E-state index contributed by atoms with van der Waals surface area (Å²) in [5, 5.41) is 5.91. The highest BCUT2D eigenvalue weighted by Crippen LogP contribution is 2.28. The molecule has 1 saturated heterocycles. The van der Waals surface area contributed by atoms with Crippen LogP contribution in [-0.4, -0.2) is 61.8 Å². The van der Waals surface area contributed by atoms with Crippen molar-refractivity contribution in [3.8, 4) is 0 Å². The number of hydrogen-bond donors (Lipinski definition) is 3. The van der Waals surface area contributed by atoms with Gasteiger partial charge in [0, 0.05) is 26.1 Å². The minimum absolute atomic E-state index is 0.0200. The Labute approximate surface area is 230 Å². The third kappa shape index (κ3) is 9.14. The van der Waals surface area contributed by atoms with Crippen LogP contribution >= 0.6 is 11.3 Å². The molecule has 1 aliphatic rings. The molecular weight excluding hydrogens is 522 g/mol. The van der Waals surface area contributed by atoms with Crippen molar-refractivity contribution in [3.63, 3.8) is 0 Å². The SMILES string of the molecule is CC(=O)Nc1nc(C)c(S(=O)(=O)N[C@H](CC(C)C)CN2CCC[C@H]2C(=O)NCCCCc2ccccc2)s1. The summed E-state index contributed by atoms with van der Waals surface area (Å²) in [5.74, 6) is -0.0193. The number of likely N-dealkylation sites (tertiary alicyclic amines) is 1. The third-order valence-corrected chi connectivity index (χ3v) is 9.72. The van der Waals surface area contributed by atoms with Crippen LogP contribution in [0.15, 0.2) is 34.5 Å². The molecule has 210 valence electrons. The number of anilines is 1. The molecule has 2 aromatic rings. The molecule has 2 heterocycles. The molecule has 1 aliphatic heterocycles. The van der Waals surface area contributed by atoms with Crippen LogP contribution < -0.4 is 15.4 Å². The summed E-state index contributed by atoms with van der Waals surface area (Å²) in [6.07, 6.45) is 5.23. The number of unbranched alkanes of at least 4 members (excludes halogenated alkanes) is 1.